The van der Waals surface area contributed by atoms with E-state index in [0.717, 1.165) is 6.42 Å². The molecule has 0 aliphatic heterocycles. The molecule has 2 aliphatic carbocycles. The van der Waals surface area contributed by atoms with Crippen LogP contribution < -0.4 is 0 Å². The highest BCUT2D eigenvalue weighted by Crippen LogP contribution is 2.34. The van der Waals surface area contributed by atoms with Gasteiger partial charge in [0.1, 0.15) is 5.78 Å². The van der Waals surface area contributed by atoms with Crippen LogP contribution >= 0.6 is 15.9 Å². The SMILES string of the molecule is O=C1CC(Br)CC2C=CC=CC12. The molecule has 0 heterocycles. The van der Waals surface area contributed by atoms with E-state index in [1.165, 1.54) is 0 Å². The Bertz CT molecular complexity index is 255. The van der Waals surface area contributed by atoms with Gasteiger partial charge in [0.15, 0.2) is 0 Å². The largest absolute Gasteiger partial charge is 0.299 e. The number of carbonyl (C=O) groups excluding carboxylic acids is 1. The number of allylic oxidation sites excluding steroid dienone is 4. The maximum absolute atomic E-state index is 11.5. The molecule has 3 atom stereocenters. The molecule has 2 rings (SSSR count). The average Bonchev–Trinajstić information content (AvgIpc) is 2.04. The van der Waals surface area contributed by atoms with Crippen molar-refractivity contribution in [2.75, 3.05) is 0 Å². The number of hydrogen-bond acceptors (Lipinski definition) is 1. The van der Waals surface area contributed by atoms with Gasteiger partial charge in [0.25, 0.3) is 0 Å². The van der Waals surface area contributed by atoms with Gasteiger partial charge in [-0.2, -0.15) is 0 Å². The third-order valence-electron chi connectivity index (χ3n) is 2.57. The van der Waals surface area contributed by atoms with Gasteiger partial charge in [-0.3, -0.25) is 4.79 Å². The Morgan fingerprint density at radius 2 is 2.08 bits per heavy atom. The van der Waals surface area contributed by atoms with Gasteiger partial charge in [-0.15, -0.1) is 0 Å². The summed E-state index contributed by atoms with van der Waals surface area (Å²) in [5, 5.41) is 0. The molecule has 0 aromatic carbocycles. The first-order valence-electron chi connectivity index (χ1n) is 4.29. The maximum atomic E-state index is 11.5. The van der Waals surface area contributed by atoms with Crippen molar-refractivity contribution in [2.24, 2.45) is 11.8 Å². The van der Waals surface area contributed by atoms with Crippen LogP contribution in [0.5, 0.6) is 0 Å². The second kappa shape index (κ2) is 3.17. The summed E-state index contributed by atoms with van der Waals surface area (Å²) in [6, 6.07) is 0. The van der Waals surface area contributed by atoms with Gasteiger partial charge < -0.3 is 0 Å². The minimum atomic E-state index is 0.170. The Labute approximate surface area is 80.7 Å². The lowest BCUT2D eigenvalue weighted by atomic mass is 9.76. The number of halogens is 1. The molecule has 0 aromatic rings. The van der Waals surface area contributed by atoms with E-state index in [1.807, 2.05) is 18.2 Å². The molecule has 3 unspecified atom stereocenters. The maximum Gasteiger partial charge on any atom is 0.141 e. The van der Waals surface area contributed by atoms with E-state index < -0.39 is 0 Å². The molecule has 0 radical (unpaired) electrons. The molecule has 64 valence electrons. The summed E-state index contributed by atoms with van der Waals surface area (Å²) >= 11 is 3.51. The molecule has 0 amide bonds. The van der Waals surface area contributed by atoms with Crippen molar-refractivity contribution in [2.45, 2.75) is 17.7 Å². The summed E-state index contributed by atoms with van der Waals surface area (Å²) in [6.07, 6.45) is 9.99. The fourth-order valence-electron chi connectivity index (χ4n) is 1.96. The fourth-order valence-corrected chi connectivity index (χ4v) is 2.71. The predicted molar refractivity (Wildman–Crippen MR) is 52.2 cm³/mol. The highest BCUT2D eigenvalue weighted by atomic mass is 79.9. The number of fused-ring (bicyclic) bond motifs is 1. The monoisotopic (exact) mass is 226 g/mol. The van der Waals surface area contributed by atoms with Crippen LogP contribution in [-0.4, -0.2) is 10.6 Å². The third kappa shape index (κ3) is 1.40. The van der Waals surface area contributed by atoms with Crippen molar-refractivity contribution in [3.05, 3.63) is 24.3 Å². The standard InChI is InChI=1S/C10H11BrO/c11-8-5-7-3-1-2-4-9(7)10(12)6-8/h1-4,7-9H,5-6H2. The van der Waals surface area contributed by atoms with E-state index in [4.69, 9.17) is 0 Å². The first-order valence-corrected chi connectivity index (χ1v) is 5.20. The van der Waals surface area contributed by atoms with Crippen LogP contribution in [0.4, 0.5) is 0 Å². The molecule has 0 saturated heterocycles. The number of alkyl halides is 1. The Morgan fingerprint density at radius 3 is 2.92 bits per heavy atom. The van der Waals surface area contributed by atoms with Crippen molar-refractivity contribution in [3.63, 3.8) is 0 Å². The van der Waals surface area contributed by atoms with Crippen molar-refractivity contribution in [1.29, 1.82) is 0 Å². The van der Waals surface area contributed by atoms with E-state index in [1.54, 1.807) is 0 Å². The zero-order valence-corrected chi connectivity index (χ0v) is 8.33. The molecule has 0 N–H and O–H groups in total. The van der Waals surface area contributed by atoms with Crippen molar-refractivity contribution < 1.29 is 4.79 Å². The molecule has 12 heavy (non-hydrogen) atoms. The Kier molecular flexibility index (Phi) is 2.18. The van der Waals surface area contributed by atoms with Gasteiger partial charge in [-0.25, -0.2) is 0 Å². The van der Waals surface area contributed by atoms with Crippen LogP contribution in [0.3, 0.4) is 0 Å². The highest BCUT2D eigenvalue weighted by molar-refractivity contribution is 9.09. The van der Waals surface area contributed by atoms with E-state index in [9.17, 15) is 4.79 Å². The van der Waals surface area contributed by atoms with E-state index >= 15 is 0 Å². The van der Waals surface area contributed by atoms with Gasteiger partial charge in [0.05, 0.1) is 0 Å². The topological polar surface area (TPSA) is 17.1 Å². The van der Waals surface area contributed by atoms with Crippen molar-refractivity contribution in [1.82, 2.24) is 0 Å². The Balaban J connectivity index is 2.19. The first kappa shape index (κ1) is 8.24. The predicted octanol–water partition coefficient (Wildman–Crippen LogP) is 2.47. The molecule has 2 heteroatoms. The lowest BCUT2D eigenvalue weighted by molar-refractivity contribution is -0.123. The molecule has 1 saturated carbocycles. The molecule has 2 aliphatic rings. The number of carbonyl (C=O) groups is 1. The minimum Gasteiger partial charge on any atom is -0.299 e. The zero-order chi connectivity index (χ0) is 8.55. The van der Waals surface area contributed by atoms with Crippen LogP contribution in [0.15, 0.2) is 24.3 Å². The Morgan fingerprint density at radius 1 is 1.33 bits per heavy atom. The lowest BCUT2D eigenvalue weighted by Gasteiger charge is -2.30. The molecule has 0 aromatic heterocycles. The third-order valence-corrected chi connectivity index (χ3v) is 3.27. The average molecular weight is 227 g/mol. The van der Waals surface area contributed by atoms with Gasteiger partial charge in [-0.1, -0.05) is 40.2 Å². The zero-order valence-electron chi connectivity index (χ0n) is 6.74. The second-order valence-corrected chi connectivity index (χ2v) is 4.76. The van der Waals surface area contributed by atoms with E-state index in [-0.39, 0.29) is 5.92 Å². The summed E-state index contributed by atoms with van der Waals surface area (Å²) < 4.78 is 0. The normalized spacial score (nSPS) is 39.8. The minimum absolute atomic E-state index is 0.170. The summed E-state index contributed by atoms with van der Waals surface area (Å²) in [6.45, 7) is 0. The molecule has 0 spiro atoms. The summed E-state index contributed by atoms with van der Waals surface area (Å²) in [5.41, 5.74) is 0. The molecule has 0 bridgehead atoms. The van der Waals surface area contributed by atoms with E-state index in [0.29, 0.717) is 22.9 Å². The Hall–Kier alpha value is -0.370. The molecular formula is C10H11BrO. The summed E-state index contributed by atoms with van der Waals surface area (Å²) in [7, 11) is 0. The molecule has 1 nitrogen and oxygen atoms in total. The van der Waals surface area contributed by atoms with Crippen LogP contribution in [0, 0.1) is 11.8 Å². The number of ketones is 1. The number of rotatable bonds is 0. The van der Waals surface area contributed by atoms with E-state index in [2.05, 4.69) is 22.0 Å². The second-order valence-electron chi connectivity index (χ2n) is 3.46. The lowest BCUT2D eigenvalue weighted by Crippen LogP contribution is -2.31. The first-order chi connectivity index (χ1) is 5.77. The van der Waals surface area contributed by atoms with Crippen LogP contribution in [0.2, 0.25) is 0 Å². The highest BCUT2D eigenvalue weighted by Gasteiger charge is 2.33. The number of Topliss-reactive ketones (excluding diaryl/α,β-unsaturated/α-hetero) is 1. The van der Waals surface area contributed by atoms with Gasteiger partial charge in [-0.05, 0) is 12.3 Å². The summed E-state index contributed by atoms with van der Waals surface area (Å²) in [5.74, 6) is 0.998. The van der Waals surface area contributed by atoms with Crippen molar-refractivity contribution >= 4 is 21.7 Å². The van der Waals surface area contributed by atoms with Gasteiger partial charge in [0.2, 0.25) is 0 Å². The smallest absolute Gasteiger partial charge is 0.141 e. The van der Waals surface area contributed by atoms with Gasteiger partial charge >= 0.3 is 0 Å². The molecule has 1 fully saturated rings. The van der Waals surface area contributed by atoms with Crippen molar-refractivity contribution in [3.8, 4) is 0 Å². The summed E-state index contributed by atoms with van der Waals surface area (Å²) in [4.78, 5) is 11.9. The molecular weight excluding hydrogens is 216 g/mol. The fraction of sp³-hybridized carbons (Fsp3) is 0.500. The van der Waals surface area contributed by atoms with Crippen LogP contribution in [0.1, 0.15) is 12.8 Å². The number of hydrogen-bond donors (Lipinski definition) is 0. The quantitative estimate of drug-likeness (QED) is 0.581. The van der Waals surface area contributed by atoms with Gasteiger partial charge in [0, 0.05) is 17.2 Å². The van der Waals surface area contributed by atoms with Crippen LogP contribution in [0.25, 0.3) is 0 Å². The van der Waals surface area contributed by atoms with Crippen LogP contribution in [-0.2, 0) is 4.79 Å².